The maximum Gasteiger partial charge on any atom is 0.317 e. The molecule has 0 bridgehead atoms. The summed E-state index contributed by atoms with van der Waals surface area (Å²) in [5.74, 6) is 0.00205. The monoisotopic (exact) mass is 423 g/mol. The zero-order valence-electron chi connectivity index (χ0n) is 16.4. The van der Waals surface area contributed by atoms with Crippen LogP contribution in [0.5, 0.6) is 5.75 Å². The van der Waals surface area contributed by atoms with Crippen LogP contribution in [0.2, 0.25) is 0 Å². The number of nitrogens with one attached hydrogen (secondary N) is 1. The number of aromatic nitrogens is 2. The standard InChI is InChI=1S/C22H21N3O4S/c1-14(22(27)25-16-10-11-28-19-9-5-2-6-15(16)19)29-21(26)13-30-20-12-23-17-7-3-4-8-18(17)24-20/h2-9,12,14,16H,10-11,13H2,1H3,(H,25,27). The molecule has 0 saturated carbocycles. The quantitative estimate of drug-likeness (QED) is 0.481. The summed E-state index contributed by atoms with van der Waals surface area (Å²) in [5, 5.41) is 3.58. The molecule has 0 saturated heterocycles. The van der Waals surface area contributed by atoms with Crippen LogP contribution in [-0.2, 0) is 14.3 Å². The van der Waals surface area contributed by atoms with Crippen molar-refractivity contribution in [1.82, 2.24) is 15.3 Å². The van der Waals surface area contributed by atoms with Crippen LogP contribution in [-0.4, -0.2) is 40.3 Å². The summed E-state index contributed by atoms with van der Waals surface area (Å²) in [4.78, 5) is 33.5. The first kappa shape index (κ1) is 20.2. The first-order valence-electron chi connectivity index (χ1n) is 9.66. The van der Waals surface area contributed by atoms with Crippen molar-refractivity contribution in [2.45, 2.75) is 30.5 Å². The Morgan fingerprint density at radius 3 is 2.83 bits per heavy atom. The number of amides is 1. The number of thioether (sulfide) groups is 1. The van der Waals surface area contributed by atoms with Crippen LogP contribution in [0, 0.1) is 0 Å². The second-order valence-electron chi connectivity index (χ2n) is 6.85. The molecular formula is C22H21N3O4S. The molecule has 1 aliphatic heterocycles. The molecule has 0 fully saturated rings. The molecular weight excluding hydrogens is 402 g/mol. The van der Waals surface area contributed by atoms with E-state index in [9.17, 15) is 9.59 Å². The predicted molar refractivity (Wildman–Crippen MR) is 113 cm³/mol. The van der Waals surface area contributed by atoms with Gasteiger partial charge in [0.25, 0.3) is 5.91 Å². The lowest BCUT2D eigenvalue weighted by Crippen LogP contribution is -2.39. The van der Waals surface area contributed by atoms with Gasteiger partial charge in [-0.25, -0.2) is 4.98 Å². The van der Waals surface area contributed by atoms with Gasteiger partial charge in [0.05, 0.1) is 35.6 Å². The third-order valence-corrected chi connectivity index (χ3v) is 5.59. The van der Waals surface area contributed by atoms with Crippen LogP contribution >= 0.6 is 11.8 Å². The van der Waals surface area contributed by atoms with Crippen LogP contribution in [0.25, 0.3) is 11.0 Å². The first-order chi connectivity index (χ1) is 14.6. The number of hydrogen-bond donors (Lipinski definition) is 1. The van der Waals surface area contributed by atoms with E-state index in [1.165, 1.54) is 11.8 Å². The summed E-state index contributed by atoms with van der Waals surface area (Å²) < 4.78 is 10.9. The van der Waals surface area contributed by atoms with Crippen LogP contribution in [0.15, 0.2) is 59.8 Å². The third-order valence-electron chi connectivity index (χ3n) is 4.72. The highest BCUT2D eigenvalue weighted by Crippen LogP contribution is 2.31. The Labute approximate surface area is 178 Å². The number of esters is 1. The molecule has 1 amide bonds. The predicted octanol–water partition coefficient (Wildman–Crippen LogP) is 3.29. The molecule has 2 aromatic carbocycles. The molecule has 1 aliphatic rings. The van der Waals surface area contributed by atoms with Crippen LogP contribution in [0.1, 0.15) is 24.9 Å². The number of hydrogen-bond acceptors (Lipinski definition) is 7. The molecule has 1 N–H and O–H groups in total. The van der Waals surface area contributed by atoms with E-state index in [2.05, 4.69) is 15.3 Å². The molecule has 0 radical (unpaired) electrons. The number of ether oxygens (including phenoxy) is 2. The maximum absolute atomic E-state index is 12.5. The van der Waals surface area contributed by atoms with Crippen molar-refractivity contribution in [1.29, 1.82) is 0 Å². The molecule has 2 heterocycles. The van der Waals surface area contributed by atoms with Crippen LogP contribution in [0.4, 0.5) is 0 Å². The van der Waals surface area contributed by atoms with E-state index in [0.717, 1.165) is 22.3 Å². The lowest BCUT2D eigenvalue weighted by molar-refractivity contribution is -0.152. The molecule has 0 aliphatic carbocycles. The first-order valence-corrected chi connectivity index (χ1v) is 10.6. The van der Waals surface area contributed by atoms with Gasteiger partial charge in [0.15, 0.2) is 6.10 Å². The molecule has 2 unspecified atom stereocenters. The highest BCUT2D eigenvalue weighted by molar-refractivity contribution is 7.99. The maximum atomic E-state index is 12.5. The fourth-order valence-corrected chi connectivity index (χ4v) is 3.83. The minimum absolute atomic E-state index is 0.0464. The lowest BCUT2D eigenvalue weighted by atomic mass is 10.0. The summed E-state index contributed by atoms with van der Waals surface area (Å²) >= 11 is 1.23. The van der Waals surface area contributed by atoms with Crippen molar-refractivity contribution >= 4 is 34.7 Å². The Bertz CT molecular complexity index is 1070. The average molecular weight is 423 g/mol. The number of nitrogens with zero attached hydrogens (tertiary/aromatic N) is 2. The van der Waals surface area contributed by atoms with Crippen molar-refractivity contribution < 1.29 is 19.1 Å². The van der Waals surface area contributed by atoms with Crippen molar-refractivity contribution in [3.8, 4) is 5.75 Å². The van der Waals surface area contributed by atoms with Gasteiger partial charge in [0, 0.05) is 12.0 Å². The van der Waals surface area contributed by atoms with E-state index in [1.807, 2.05) is 48.5 Å². The van der Waals surface area contributed by atoms with Crippen LogP contribution in [0.3, 0.4) is 0 Å². The fraction of sp³-hybridized carbons (Fsp3) is 0.273. The van der Waals surface area contributed by atoms with E-state index >= 15 is 0 Å². The molecule has 30 heavy (non-hydrogen) atoms. The van der Waals surface area contributed by atoms with Crippen molar-refractivity contribution in [3.05, 3.63) is 60.3 Å². The second-order valence-corrected chi connectivity index (χ2v) is 7.85. The SMILES string of the molecule is CC(OC(=O)CSc1cnc2ccccc2n1)C(=O)NC1CCOc2ccccc21. The number of para-hydroxylation sites is 3. The topological polar surface area (TPSA) is 90.4 Å². The van der Waals surface area contributed by atoms with Gasteiger partial charge in [0.2, 0.25) is 0 Å². The van der Waals surface area contributed by atoms with E-state index in [0.29, 0.717) is 18.1 Å². The summed E-state index contributed by atoms with van der Waals surface area (Å²) in [6.07, 6.45) is 1.40. The van der Waals surface area contributed by atoms with Gasteiger partial charge in [0.1, 0.15) is 10.8 Å². The Morgan fingerprint density at radius 2 is 1.97 bits per heavy atom. The normalized spacial score (nSPS) is 16.2. The van der Waals surface area contributed by atoms with Crippen molar-refractivity contribution in [2.75, 3.05) is 12.4 Å². The molecule has 8 heteroatoms. The number of fused-ring (bicyclic) bond motifs is 2. The Kier molecular flexibility index (Phi) is 6.13. The smallest absolute Gasteiger partial charge is 0.317 e. The van der Waals surface area contributed by atoms with E-state index < -0.39 is 12.1 Å². The highest BCUT2D eigenvalue weighted by atomic mass is 32.2. The highest BCUT2D eigenvalue weighted by Gasteiger charge is 2.26. The summed E-state index contributed by atoms with van der Waals surface area (Å²) in [6.45, 7) is 2.10. The van der Waals surface area contributed by atoms with Crippen molar-refractivity contribution in [3.63, 3.8) is 0 Å². The Balaban J connectivity index is 1.29. The Morgan fingerprint density at radius 1 is 1.20 bits per heavy atom. The number of carbonyl (C=O) groups is 2. The van der Waals surface area contributed by atoms with Gasteiger partial charge in [-0.05, 0) is 25.1 Å². The largest absolute Gasteiger partial charge is 0.493 e. The molecule has 7 nitrogen and oxygen atoms in total. The summed E-state index contributed by atoms with van der Waals surface area (Å²) in [5.41, 5.74) is 2.49. The zero-order valence-corrected chi connectivity index (χ0v) is 17.2. The summed E-state index contributed by atoms with van der Waals surface area (Å²) in [7, 11) is 0. The van der Waals surface area contributed by atoms with E-state index in [1.54, 1.807) is 13.1 Å². The van der Waals surface area contributed by atoms with Gasteiger partial charge < -0.3 is 14.8 Å². The molecule has 4 rings (SSSR count). The van der Waals surface area contributed by atoms with Gasteiger partial charge in [-0.1, -0.05) is 42.1 Å². The van der Waals surface area contributed by atoms with Crippen molar-refractivity contribution in [2.24, 2.45) is 0 Å². The fourth-order valence-electron chi connectivity index (χ4n) is 3.21. The number of carbonyl (C=O) groups excluding carboxylic acids is 2. The third kappa shape index (κ3) is 4.71. The number of rotatable bonds is 6. The van der Waals surface area contributed by atoms with Gasteiger partial charge in [-0.2, -0.15) is 0 Å². The Hall–Kier alpha value is -3.13. The molecule has 154 valence electrons. The number of benzene rings is 2. The lowest BCUT2D eigenvalue weighted by Gasteiger charge is -2.27. The van der Waals surface area contributed by atoms with E-state index in [4.69, 9.17) is 9.47 Å². The average Bonchev–Trinajstić information content (AvgIpc) is 2.77. The molecule has 0 spiro atoms. The molecule has 1 aromatic heterocycles. The molecule has 2 atom stereocenters. The van der Waals surface area contributed by atoms with Gasteiger partial charge >= 0.3 is 5.97 Å². The molecule has 3 aromatic rings. The van der Waals surface area contributed by atoms with Crippen LogP contribution < -0.4 is 10.1 Å². The minimum atomic E-state index is -0.893. The zero-order chi connectivity index (χ0) is 20.9. The van der Waals surface area contributed by atoms with E-state index in [-0.39, 0.29) is 17.7 Å². The summed E-state index contributed by atoms with van der Waals surface area (Å²) in [6, 6.07) is 15.0. The second kappa shape index (κ2) is 9.13. The van der Waals surface area contributed by atoms with Gasteiger partial charge in [-0.15, -0.1) is 0 Å². The van der Waals surface area contributed by atoms with Gasteiger partial charge in [-0.3, -0.25) is 14.6 Å². The minimum Gasteiger partial charge on any atom is -0.493 e.